The Kier molecular flexibility index (Phi) is 5.79. The molecule has 1 fully saturated rings. The Morgan fingerprint density at radius 2 is 1.72 bits per heavy atom. The fraction of sp³-hybridized carbons (Fsp3) is 0.346. The van der Waals surface area contributed by atoms with Crippen molar-refractivity contribution in [2.24, 2.45) is 0 Å². The van der Waals surface area contributed by atoms with Gasteiger partial charge in [0.1, 0.15) is 0 Å². The summed E-state index contributed by atoms with van der Waals surface area (Å²) in [6.45, 7) is 2.61. The summed E-state index contributed by atoms with van der Waals surface area (Å²) < 4.78 is 2.14. The van der Waals surface area contributed by atoms with Gasteiger partial charge in [0.05, 0.1) is 34.1 Å². The maximum absolute atomic E-state index is 13.8. The lowest BCUT2D eigenvalue weighted by molar-refractivity contribution is 0.0160. The second-order valence-electron chi connectivity index (χ2n) is 8.76. The van der Waals surface area contributed by atoms with Gasteiger partial charge in [-0.05, 0) is 55.2 Å². The molecular weight excluding hydrogens is 443 g/mol. The predicted molar refractivity (Wildman–Crippen MR) is 129 cm³/mol. The van der Waals surface area contributed by atoms with Crippen molar-refractivity contribution >= 4 is 29.1 Å². The van der Waals surface area contributed by atoms with Gasteiger partial charge < -0.3 is 14.6 Å². The monoisotopic (exact) mass is 468 g/mol. The molecule has 3 aromatic rings. The van der Waals surface area contributed by atoms with Gasteiger partial charge in [0, 0.05) is 23.7 Å². The van der Waals surface area contributed by atoms with Crippen molar-refractivity contribution < 1.29 is 9.90 Å². The molecule has 166 valence electrons. The third-order valence-corrected chi connectivity index (χ3v) is 7.45. The minimum atomic E-state index is -0.448. The molecule has 4 nitrogen and oxygen atoms in total. The molecule has 0 saturated heterocycles. The molecule has 1 saturated carbocycles. The first-order valence-electron chi connectivity index (χ1n) is 11.2. The Morgan fingerprint density at radius 3 is 2.44 bits per heavy atom. The molecule has 1 aliphatic carbocycles. The Balaban J connectivity index is 1.69. The average Bonchev–Trinajstić information content (AvgIpc) is 3.08. The first-order chi connectivity index (χ1) is 15.5. The van der Waals surface area contributed by atoms with E-state index in [9.17, 15) is 9.90 Å². The van der Waals surface area contributed by atoms with Crippen LogP contribution in [0.4, 0.5) is 0 Å². The number of fused-ring (bicyclic) bond motifs is 1. The molecule has 1 aromatic heterocycles. The average molecular weight is 469 g/mol. The van der Waals surface area contributed by atoms with Crippen LogP contribution in [0.15, 0.2) is 48.5 Å². The van der Waals surface area contributed by atoms with E-state index in [2.05, 4.69) is 4.57 Å². The number of hydrogen-bond acceptors (Lipinski definition) is 2. The summed E-state index contributed by atoms with van der Waals surface area (Å²) in [5.74, 6) is 0.00992. The van der Waals surface area contributed by atoms with Gasteiger partial charge in [-0.15, -0.1) is 0 Å². The molecule has 2 heterocycles. The van der Waals surface area contributed by atoms with Gasteiger partial charge >= 0.3 is 0 Å². The van der Waals surface area contributed by atoms with Crippen LogP contribution >= 0.6 is 23.2 Å². The fourth-order valence-corrected chi connectivity index (χ4v) is 5.71. The molecule has 6 heteroatoms. The van der Waals surface area contributed by atoms with Gasteiger partial charge in [0.15, 0.2) is 0 Å². The van der Waals surface area contributed by atoms with Gasteiger partial charge in [-0.3, -0.25) is 4.79 Å². The van der Waals surface area contributed by atoms with E-state index < -0.39 is 6.10 Å². The van der Waals surface area contributed by atoms with E-state index in [1.165, 1.54) is 0 Å². The van der Waals surface area contributed by atoms with Gasteiger partial charge in [-0.1, -0.05) is 60.3 Å². The van der Waals surface area contributed by atoms with Crippen molar-refractivity contribution in [1.82, 2.24) is 9.47 Å². The highest BCUT2D eigenvalue weighted by atomic mass is 35.5. The Bertz CT molecular complexity index is 1170. The number of para-hydroxylation sites is 1. The van der Waals surface area contributed by atoms with Gasteiger partial charge in [0.2, 0.25) is 0 Å². The second kappa shape index (κ2) is 8.58. The van der Waals surface area contributed by atoms with Crippen LogP contribution in [0.3, 0.4) is 0 Å². The quantitative estimate of drug-likeness (QED) is 0.507. The number of halogens is 2. The number of amides is 1. The number of carbonyl (C=O) groups is 1. The molecular formula is C26H26Cl2N2O2. The minimum Gasteiger partial charge on any atom is -0.391 e. The zero-order valence-corrected chi connectivity index (χ0v) is 19.5. The summed E-state index contributed by atoms with van der Waals surface area (Å²) in [6, 6.07) is 15.3. The summed E-state index contributed by atoms with van der Waals surface area (Å²) in [4.78, 5) is 15.7. The molecule has 2 aliphatic rings. The number of carbonyl (C=O) groups excluding carboxylic acids is 1. The fourth-order valence-electron chi connectivity index (χ4n) is 5.37. The minimum absolute atomic E-state index is 0.00992. The summed E-state index contributed by atoms with van der Waals surface area (Å²) >= 11 is 12.8. The molecule has 0 spiro atoms. The molecule has 1 aliphatic heterocycles. The maximum atomic E-state index is 13.8. The SMILES string of the molecule is Cc1c2c(n(-c3ccccc3Cl)c1-c1ccc(Cl)cc1)CCN(C1CCCC[C@@H]1O)C2=O. The topological polar surface area (TPSA) is 45.5 Å². The number of aromatic nitrogens is 1. The van der Waals surface area contributed by atoms with Crippen molar-refractivity contribution in [3.05, 3.63) is 75.4 Å². The van der Waals surface area contributed by atoms with E-state index in [4.69, 9.17) is 23.2 Å². The molecule has 1 unspecified atom stereocenters. The van der Waals surface area contributed by atoms with Crippen LogP contribution in [-0.4, -0.2) is 39.2 Å². The number of nitrogens with zero attached hydrogens (tertiary/aromatic N) is 2. The molecule has 32 heavy (non-hydrogen) atoms. The van der Waals surface area contributed by atoms with E-state index in [1.807, 2.05) is 60.4 Å². The zero-order valence-electron chi connectivity index (χ0n) is 18.0. The van der Waals surface area contributed by atoms with Crippen LogP contribution < -0.4 is 0 Å². The van der Waals surface area contributed by atoms with Crippen LogP contribution in [0.1, 0.15) is 47.3 Å². The van der Waals surface area contributed by atoms with E-state index >= 15 is 0 Å². The largest absolute Gasteiger partial charge is 0.391 e. The normalized spacial score (nSPS) is 21.0. The Hall–Kier alpha value is -2.27. The van der Waals surface area contributed by atoms with Crippen LogP contribution in [0.5, 0.6) is 0 Å². The van der Waals surface area contributed by atoms with Crippen molar-refractivity contribution in [2.75, 3.05) is 6.54 Å². The number of aliphatic hydroxyl groups is 1. The first-order valence-corrected chi connectivity index (χ1v) is 12.0. The summed E-state index contributed by atoms with van der Waals surface area (Å²) in [6.07, 6.45) is 3.95. The lowest BCUT2D eigenvalue weighted by atomic mass is 9.89. The van der Waals surface area contributed by atoms with Crippen molar-refractivity contribution in [3.63, 3.8) is 0 Å². The van der Waals surface area contributed by atoms with Crippen LogP contribution in [0.25, 0.3) is 16.9 Å². The number of benzene rings is 2. The maximum Gasteiger partial charge on any atom is 0.256 e. The van der Waals surface area contributed by atoms with Gasteiger partial charge in [-0.2, -0.15) is 0 Å². The molecule has 2 atom stereocenters. The third kappa shape index (κ3) is 3.55. The summed E-state index contributed by atoms with van der Waals surface area (Å²) in [7, 11) is 0. The van der Waals surface area contributed by atoms with Gasteiger partial charge in [0.25, 0.3) is 5.91 Å². The molecule has 2 aromatic carbocycles. The smallest absolute Gasteiger partial charge is 0.256 e. The van der Waals surface area contributed by atoms with Crippen molar-refractivity contribution in [1.29, 1.82) is 0 Å². The Morgan fingerprint density at radius 1 is 1.00 bits per heavy atom. The highest BCUT2D eigenvalue weighted by molar-refractivity contribution is 6.32. The highest BCUT2D eigenvalue weighted by Gasteiger charge is 2.39. The predicted octanol–water partition coefficient (Wildman–Crippen LogP) is 6.06. The lowest BCUT2D eigenvalue weighted by Crippen LogP contribution is -2.51. The van der Waals surface area contributed by atoms with E-state index in [1.54, 1.807) is 0 Å². The van der Waals surface area contributed by atoms with Crippen LogP contribution in [-0.2, 0) is 6.42 Å². The standard InChI is InChI=1S/C26H26Cl2N2O2/c1-16-24-22(14-15-29(26(24)32)21-8-4-5-9-23(21)31)30(20-7-3-2-6-19(20)28)25(16)17-10-12-18(27)13-11-17/h2-3,6-7,10-13,21,23,31H,4-5,8-9,14-15H2,1H3/t21?,23-/m0/s1. The molecule has 1 N–H and O–H groups in total. The zero-order chi connectivity index (χ0) is 22.4. The summed E-state index contributed by atoms with van der Waals surface area (Å²) in [5, 5.41) is 11.9. The number of hydrogen-bond donors (Lipinski definition) is 1. The van der Waals surface area contributed by atoms with Crippen LogP contribution in [0.2, 0.25) is 10.0 Å². The lowest BCUT2D eigenvalue weighted by Gasteiger charge is -2.40. The van der Waals surface area contributed by atoms with E-state index in [-0.39, 0.29) is 11.9 Å². The summed E-state index contributed by atoms with van der Waals surface area (Å²) in [5.41, 5.74) is 5.45. The number of rotatable bonds is 3. The first kappa shape index (κ1) is 21.6. The third-order valence-electron chi connectivity index (χ3n) is 6.88. The highest BCUT2D eigenvalue weighted by Crippen LogP contribution is 2.40. The molecule has 0 bridgehead atoms. The van der Waals surface area contributed by atoms with E-state index in [0.29, 0.717) is 23.0 Å². The van der Waals surface area contributed by atoms with Crippen molar-refractivity contribution in [3.8, 4) is 16.9 Å². The van der Waals surface area contributed by atoms with Gasteiger partial charge in [-0.25, -0.2) is 0 Å². The molecule has 5 rings (SSSR count). The molecule has 0 radical (unpaired) electrons. The van der Waals surface area contributed by atoms with Crippen molar-refractivity contribution in [2.45, 2.75) is 51.2 Å². The van der Waals surface area contributed by atoms with Crippen LogP contribution in [0, 0.1) is 6.92 Å². The molecule has 1 amide bonds. The Labute approximate surface area is 198 Å². The number of aliphatic hydroxyl groups excluding tert-OH is 1. The second-order valence-corrected chi connectivity index (χ2v) is 9.60. The van der Waals surface area contributed by atoms with E-state index in [0.717, 1.165) is 59.4 Å².